The summed E-state index contributed by atoms with van der Waals surface area (Å²) in [7, 11) is 0. The monoisotopic (exact) mass is 472 g/mol. The number of benzene rings is 2. The Morgan fingerprint density at radius 1 is 0.943 bits per heavy atom. The highest BCUT2D eigenvalue weighted by Crippen LogP contribution is 2.36. The normalized spacial score (nSPS) is 11.5. The summed E-state index contributed by atoms with van der Waals surface area (Å²) in [6.07, 6.45) is 2.14. The van der Waals surface area contributed by atoms with Gasteiger partial charge in [-0.15, -0.1) is 0 Å². The number of carbonyl (C=O) groups is 1. The number of nitrogens with one attached hydrogen (secondary N) is 1. The molecule has 8 heteroatoms. The van der Waals surface area contributed by atoms with Crippen molar-refractivity contribution in [2.75, 3.05) is 5.32 Å². The Morgan fingerprint density at radius 3 is 2.46 bits per heavy atom. The molecule has 1 N–H and O–H groups in total. The minimum absolute atomic E-state index is 0.415. The van der Waals surface area contributed by atoms with Gasteiger partial charge in [-0.25, -0.2) is 4.98 Å². The highest BCUT2D eigenvalue weighted by atomic mass is 19.4. The van der Waals surface area contributed by atoms with Gasteiger partial charge in [-0.2, -0.15) is 13.2 Å². The predicted octanol–water partition coefficient (Wildman–Crippen LogP) is 6.64. The van der Waals surface area contributed by atoms with Crippen LogP contribution in [0.1, 0.15) is 21.5 Å². The Balaban J connectivity index is 1.60. The maximum absolute atomic E-state index is 13.8. The van der Waals surface area contributed by atoms with Gasteiger partial charge in [0.05, 0.1) is 22.8 Å². The largest absolute Gasteiger partial charge is 0.417 e. The zero-order valence-corrected chi connectivity index (χ0v) is 18.5. The van der Waals surface area contributed by atoms with E-state index in [9.17, 15) is 18.0 Å². The minimum Gasteiger partial charge on any atom is -0.322 e. The molecule has 0 radical (unpaired) electrons. The van der Waals surface area contributed by atoms with Crippen LogP contribution in [-0.2, 0) is 6.18 Å². The fraction of sp³-hybridized carbons (Fsp3) is 0.0741. The molecule has 35 heavy (non-hydrogen) atoms. The van der Waals surface area contributed by atoms with Gasteiger partial charge in [0.25, 0.3) is 5.91 Å². The van der Waals surface area contributed by atoms with Crippen molar-refractivity contribution in [3.63, 3.8) is 0 Å². The SMILES string of the molecule is Cc1ccc(NC(=O)c2cc(-c3cccn4c(-c5cccnc5)ncc34)ccc2C(F)(F)F)cc1. The van der Waals surface area contributed by atoms with Gasteiger partial charge in [-0.05, 0) is 55.0 Å². The summed E-state index contributed by atoms with van der Waals surface area (Å²) in [5.41, 5.74) is 2.54. The Hall–Kier alpha value is -4.46. The van der Waals surface area contributed by atoms with Crippen molar-refractivity contribution in [3.05, 3.63) is 108 Å². The van der Waals surface area contributed by atoms with Crippen LogP contribution in [-0.4, -0.2) is 20.3 Å². The third-order valence-electron chi connectivity index (χ3n) is 5.68. The van der Waals surface area contributed by atoms with Gasteiger partial charge in [-0.3, -0.25) is 14.2 Å². The standard InChI is InChI=1S/C27H19F3N4O/c1-17-6-9-20(10-7-17)33-26(35)22-14-18(8-11-23(22)27(28,29)30)21-5-3-13-34-24(21)16-32-25(34)19-4-2-12-31-15-19/h2-16H,1H3,(H,33,35). The number of pyridine rings is 2. The van der Waals surface area contributed by atoms with E-state index in [4.69, 9.17) is 0 Å². The molecule has 0 bridgehead atoms. The number of rotatable bonds is 4. The number of carbonyl (C=O) groups excluding carboxylic acids is 1. The number of aryl methyl sites for hydroxylation is 1. The van der Waals surface area contributed by atoms with E-state index >= 15 is 0 Å². The third kappa shape index (κ3) is 4.38. The van der Waals surface area contributed by atoms with Gasteiger partial charge in [0.1, 0.15) is 5.82 Å². The number of alkyl halides is 3. The van der Waals surface area contributed by atoms with Crippen LogP contribution in [0.3, 0.4) is 0 Å². The molecule has 3 heterocycles. The first-order chi connectivity index (χ1) is 16.8. The van der Waals surface area contributed by atoms with Crippen molar-refractivity contribution in [3.8, 4) is 22.5 Å². The van der Waals surface area contributed by atoms with Crippen molar-refractivity contribution >= 4 is 17.1 Å². The van der Waals surface area contributed by atoms with Gasteiger partial charge in [0.2, 0.25) is 0 Å². The van der Waals surface area contributed by atoms with E-state index in [2.05, 4.69) is 15.3 Å². The van der Waals surface area contributed by atoms with E-state index in [-0.39, 0.29) is 0 Å². The molecule has 0 fully saturated rings. The quantitative estimate of drug-likeness (QED) is 0.319. The van der Waals surface area contributed by atoms with Crippen molar-refractivity contribution in [1.82, 2.24) is 14.4 Å². The lowest BCUT2D eigenvalue weighted by molar-refractivity contribution is -0.137. The summed E-state index contributed by atoms with van der Waals surface area (Å²) in [5.74, 6) is -0.182. The average Bonchev–Trinajstić information content (AvgIpc) is 3.29. The molecule has 3 aromatic heterocycles. The van der Waals surface area contributed by atoms with Gasteiger partial charge in [-0.1, -0.05) is 29.8 Å². The van der Waals surface area contributed by atoms with Crippen LogP contribution in [0.25, 0.3) is 28.0 Å². The topological polar surface area (TPSA) is 59.3 Å². The molecule has 0 spiro atoms. The number of amides is 1. The third-order valence-corrected chi connectivity index (χ3v) is 5.68. The van der Waals surface area contributed by atoms with Crippen molar-refractivity contribution in [2.45, 2.75) is 13.1 Å². The number of fused-ring (bicyclic) bond motifs is 1. The maximum atomic E-state index is 13.8. The molecule has 0 aliphatic rings. The summed E-state index contributed by atoms with van der Waals surface area (Å²) in [5, 5.41) is 2.58. The fourth-order valence-electron chi connectivity index (χ4n) is 3.96. The van der Waals surface area contributed by atoms with Crippen molar-refractivity contribution < 1.29 is 18.0 Å². The molecule has 5 rings (SSSR count). The molecular weight excluding hydrogens is 453 g/mol. The highest BCUT2D eigenvalue weighted by molar-refractivity contribution is 6.06. The van der Waals surface area contributed by atoms with Gasteiger partial charge in [0, 0.05) is 35.4 Å². The number of nitrogens with zero attached hydrogens (tertiary/aromatic N) is 3. The summed E-state index contributed by atoms with van der Waals surface area (Å²) in [6.45, 7) is 1.88. The first-order valence-corrected chi connectivity index (χ1v) is 10.8. The van der Waals surface area contributed by atoms with Crippen LogP contribution in [0.2, 0.25) is 0 Å². The number of hydrogen-bond donors (Lipinski definition) is 1. The second-order valence-corrected chi connectivity index (χ2v) is 8.08. The molecule has 0 atom stereocenters. The zero-order chi connectivity index (χ0) is 24.6. The van der Waals surface area contributed by atoms with E-state index in [1.807, 2.05) is 23.6 Å². The Bertz CT molecular complexity index is 1520. The van der Waals surface area contributed by atoms with E-state index in [0.29, 0.717) is 28.2 Å². The molecule has 5 nitrogen and oxygen atoms in total. The second-order valence-electron chi connectivity index (χ2n) is 8.08. The second kappa shape index (κ2) is 8.72. The summed E-state index contributed by atoms with van der Waals surface area (Å²) in [6, 6.07) is 17.7. The molecule has 2 aromatic carbocycles. The van der Waals surface area contributed by atoms with Crippen LogP contribution in [0.5, 0.6) is 0 Å². The average molecular weight is 472 g/mol. The van der Waals surface area contributed by atoms with Crippen molar-refractivity contribution in [2.24, 2.45) is 0 Å². The Morgan fingerprint density at radius 2 is 1.74 bits per heavy atom. The molecular formula is C27H19F3N4O. The molecule has 0 saturated carbocycles. The van der Waals surface area contributed by atoms with Gasteiger partial charge in [0.15, 0.2) is 0 Å². The Kier molecular flexibility index (Phi) is 5.56. The number of aromatic nitrogens is 3. The minimum atomic E-state index is -4.69. The van der Waals surface area contributed by atoms with Crippen LogP contribution in [0.15, 0.2) is 91.5 Å². The smallest absolute Gasteiger partial charge is 0.322 e. The lowest BCUT2D eigenvalue weighted by Crippen LogP contribution is -2.19. The van der Waals surface area contributed by atoms with E-state index < -0.39 is 23.2 Å². The summed E-state index contributed by atoms with van der Waals surface area (Å²) < 4.78 is 43.2. The summed E-state index contributed by atoms with van der Waals surface area (Å²) >= 11 is 0. The van der Waals surface area contributed by atoms with Crippen LogP contribution in [0, 0.1) is 6.92 Å². The predicted molar refractivity (Wildman–Crippen MR) is 128 cm³/mol. The molecule has 0 aliphatic heterocycles. The molecule has 5 aromatic rings. The molecule has 174 valence electrons. The molecule has 0 unspecified atom stereocenters. The van der Waals surface area contributed by atoms with E-state index in [0.717, 1.165) is 17.2 Å². The van der Waals surface area contributed by atoms with E-state index in [1.54, 1.807) is 61.1 Å². The fourth-order valence-corrected chi connectivity index (χ4v) is 3.96. The number of imidazole rings is 1. The first-order valence-electron chi connectivity index (χ1n) is 10.8. The number of halogens is 3. The lowest BCUT2D eigenvalue weighted by atomic mass is 9.98. The highest BCUT2D eigenvalue weighted by Gasteiger charge is 2.35. The first kappa shape index (κ1) is 22.3. The van der Waals surface area contributed by atoms with Crippen LogP contribution in [0.4, 0.5) is 18.9 Å². The van der Waals surface area contributed by atoms with Crippen LogP contribution >= 0.6 is 0 Å². The number of hydrogen-bond acceptors (Lipinski definition) is 3. The molecule has 0 aliphatic carbocycles. The molecule has 0 saturated heterocycles. The summed E-state index contributed by atoms with van der Waals surface area (Å²) in [4.78, 5) is 21.6. The van der Waals surface area contributed by atoms with Crippen LogP contribution < -0.4 is 5.32 Å². The van der Waals surface area contributed by atoms with Gasteiger partial charge >= 0.3 is 6.18 Å². The van der Waals surface area contributed by atoms with E-state index in [1.165, 1.54) is 12.1 Å². The Labute approximate surface area is 198 Å². The maximum Gasteiger partial charge on any atom is 0.417 e. The number of anilines is 1. The zero-order valence-electron chi connectivity index (χ0n) is 18.5. The lowest BCUT2D eigenvalue weighted by Gasteiger charge is -2.15. The van der Waals surface area contributed by atoms with Crippen molar-refractivity contribution in [1.29, 1.82) is 0 Å². The molecule has 1 amide bonds. The van der Waals surface area contributed by atoms with Gasteiger partial charge < -0.3 is 5.32 Å².